The third-order valence-corrected chi connectivity index (χ3v) is 6.17. The van der Waals surface area contributed by atoms with Crippen LogP contribution in [0.2, 0.25) is 0 Å². The van der Waals surface area contributed by atoms with E-state index in [1.807, 2.05) is 30.3 Å². The highest BCUT2D eigenvalue weighted by Crippen LogP contribution is 2.40. The number of aromatic nitrogens is 1. The van der Waals surface area contributed by atoms with Gasteiger partial charge in [-0.3, -0.25) is 9.59 Å². The van der Waals surface area contributed by atoms with E-state index in [0.717, 1.165) is 5.56 Å². The van der Waals surface area contributed by atoms with Crippen LogP contribution in [0.25, 0.3) is 10.9 Å². The first-order valence-electron chi connectivity index (χ1n) is 11.9. The van der Waals surface area contributed by atoms with E-state index in [1.54, 1.807) is 41.0 Å². The Labute approximate surface area is 216 Å². The number of para-hydroxylation sites is 3. The monoisotopic (exact) mass is 514 g/mol. The zero-order valence-electron chi connectivity index (χ0n) is 20.0. The molecular formula is C27H22N4O7. The molecule has 0 radical (unpaired) electrons. The van der Waals surface area contributed by atoms with Crippen molar-refractivity contribution in [2.75, 3.05) is 19.9 Å². The lowest BCUT2D eigenvalue weighted by molar-refractivity contribution is -0.132. The van der Waals surface area contributed by atoms with Gasteiger partial charge in [-0.25, -0.2) is 0 Å². The molecule has 1 aromatic heterocycles. The number of ether oxygens (including phenoxy) is 4. The summed E-state index contributed by atoms with van der Waals surface area (Å²) >= 11 is 0. The molecule has 0 spiro atoms. The van der Waals surface area contributed by atoms with Gasteiger partial charge in [0.2, 0.25) is 18.8 Å². The molecule has 1 atom stereocenters. The molecule has 11 nitrogen and oxygen atoms in total. The van der Waals surface area contributed by atoms with Crippen LogP contribution in [0.1, 0.15) is 5.56 Å². The summed E-state index contributed by atoms with van der Waals surface area (Å²) in [6, 6.07) is 19.8. The highest BCUT2D eigenvalue weighted by molar-refractivity contribution is 5.95. The minimum atomic E-state index is -0.896. The molecule has 2 aliphatic heterocycles. The molecule has 0 saturated carbocycles. The quantitative estimate of drug-likeness (QED) is 0.375. The van der Waals surface area contributed by atoms with Crippen molar-refractivity contribution in [2.24, 2.45) is 10.2 Å². The fourth-order valence-electron chi connectivity index (χ4n) is 4.32. The van der Waals surface area contributed by atoms with E-state index in [1.165, 1.54) is 0 Å². The Kier molecular flexibility index (Phi) is 6.00. The van der Waals surface area contributed by atoms with Crippen LogP contribution < -0.4 is 24.3 Å². The van der Waals surface area contributed by atoms with Gasteiger partial charge in [0.05, 0.1) is 12.1 Å². The Morgan fingerprint density at radius 2 is 1.71 bits per heavy atom. The maximum Gasteiger partial charge on any atom is 0.283 e. The Bertz CT molecular complexity index is 1580. The SMILES string of the molecule is O=C(CNC(=O)C1COc2ccccc2O1)N=Nc1c(O)n(Cc2ccc3c(c2)OCO3)c2ccccc12. The summed E-state index contributed by atoms with van der Waals surface area (Å²) in [6.07, 6.45) is -0.896. The average Bonchev–Trinajstić information content (AvgIpc) is 3.52. The molecular weight excluding hydrogens is 492 g/mol. The lowest BCUT2D eigenvalue weighted by Crippen LogP contribution is -2.45. The number of fused-ring (bicyclic) bond motifs is 3. The molecule has 192 valence electrons. The number of amides is 2. The van der Waals surface area contributed by atoms with Crippen LogP contribution in [-0.4, -0.2) is 47.5 Å². The van der Waals surface area contributed by atoms with Gasteiger partial charge in [0.15, 0.2) is 28.7 Å². The van der Waals surface area contributed by atoms with Gasteiger partial charge in [0, 0.05) is 5.39 Å². The van der Waals surface area contributed by atoms with Gasteiger partial charge < -0.3 is 33.9 Å². The van der Waals surface area contributed by atoms with Crippen molar-refractivity contribution >= 4 is 28.4 Å². The number of hydrogen-bond acceptors (Lipinski definition) is 8. The van der Waals surface area contributed by atoms with Gasteiger partial charge in [0.25, 0.3) is 11.8 Å². The second kappa shape index (κ2) is 9.77. The standard InChI is InChI=1S/C27H22N4O7/c32-24(12-28-26(33)23-14-35-19-7-3-4-8-21(19)38-23)29-30-25-17-5-1-2-6-18(17)31(27(25)34)13-16-9-10-20-22(11-16)37-15-36-20/h1-11,23,34H,12-15H2,(H,28,33). The van der Waals surface area contributed by atoms with Crippen molar-refractivity contribution in [1.82, 2.24) is 9.88 Å². The summed E-state index contributed by atoms with van der Waals surface area (Å²) in [5, 5.41) is 21.8. The Hall–Kier alpha value is -5.06. The largest absolute Gasteiger partial charge is 0.493 e. The fraction of sp³-hybridized carbons (Fsp3) is 0.185. The zero-order valence-corrected chi connectivity index (χ0v) is 20.0. The van der Waals surface area contributed by atoms with Gasteiger partial charge >= 0.3 is 0 Å². The summed E-state index contributed by atoms with van der Waals surface area (Å²) < 4.78 is 23.7. The van der Waals surface area contributed by atoms with Crippen molar-refractivity contribution in [3.63, 3.8) is 0 Å². The van der Waals surface area contributed by atoms with Crippen LogP contribution in [0.3, 0.4) is 0 Å². The smallest absolute Gasteiger partial charge is 0.283 e. The summed E-state index contributed by atoms with van der Waals surface area (Å²) in [5.74, 6) is 0.976. The number of rotatable bonds is 6. The molecule has 3 heterocycles. The van der Waals surface area contributed by atoms with E-state index < -0.39 is 17.9 Å². The molecule has 0 fully saturated rings. The summed E-state index contributed by atoms with van der Waals surface area (Å²) in [6.45, 7) is 0.135. The Balaban J connectivity index is 1.14. The van der Waals surface area contributed by atoms with Gasteiger partial charge in [-0.1, -0.05) is 36.4 Å². The minimum Gasteiger partial charge on any atom is -0.493 e. The molecule has 1 unspecified atom stereocenters. The number of aromatic hydroxyl groups is 1. The molecule has 6 rings (SSSR count). The number of hydrogen-bond donors (Lipinski definition) is 2. The van der Waals surface area contributed by atoms with Gasteiger partial charge in [-0.05, 0) is 35.9 Å². The molecule has 4 aromatic rings. The normalized spacial score (nSPS) is 15.6. The molecule has 38 heavy (non-hydrogen) atoms. The number of nitrogens with one attached hydrogen (secondary N) is 1. The lowest BCUT2D eigenvalue weighted by atomic mass is 10.2. The summed E-state index contributed by atoms with van der Waals surface area (Å²) in [5.41, 5.74) is 1.75. The van der Waals surface area contributed by atoms with Crippen molar-refractivity contribution in [2.45, 2.75) is 12.6 Å². The zero-order chi connectivity index (χ0) is 26.1. The van der Waals surface area contributed by atoms with Crippen LogP contribution in [0.15, 0.2) is 77.0 Å². The molecule has 2 amide bonds. The summed E-state index contributed by atoms with van der Waals surface area (Å²) in [7, 11) is 0. The van der Waals surface area contributed by atoms with Crippen LogP contribution in [0, 0.1) is 0 Å². The van der Waals surface area contributed by atoms with Crippen molar-refractivity contribution in [1.29, 1.82) is 0 Å². The molecule has 0 saturated heterocycles. The van der Waals surface area contributed by atoms with Gasteiger partial charge in [-0.2, -0.15) is 0 Å². The first kappa shape index (κ1) is 23.3. The first-order chi connectivity index (χ1) is 18.6. The molecule has 2 N–H and O–H groups in total. The topological polar surface area (TPSA) is 133 Å². The van der Waals surface area contributed by atoms with Gasteiger partial charge in [-0.15, -0.1) is 10.2 Å². The van der Waals surface area contributed by atoms with E-state index in [9.17, 15) is 14.7 Å². The van der Waals surface area contributed by atoms with Crippen molar-refractivity contribution < 1.29 is 33.6 Å². The number of nitrogens with zero attached hydrogens (tertiary/aromatic N) is 3. The van der Waals surface area contributed by atoms with E-state index >= 15 is 0 Å². The van der Waals surface area contributed by atoms with Crippen molar-refractivity contribution in [3.8, 4) is 28.9 Å². The van der Waals surface area contributed by atoms with Crippen LogP contribution in [0.5, 0.6) is 28.9 Å². The van der Waals surface area contributed by atoms with Crippen LogP contribution in [0.4, 0.5) is 5.69 Å². The number of benzene rings is 3. The maximum atomic E-state index is 12.5. The molecule has 3 aromatic carbocycles. The fourth-order valence-corrected chi connectivity index (χ4v) is 4.32. The number of carbonyl (C=O) groups is 2. The third-order valence-electron chi connectivity index (χ3n) is 6.17. The third kappa shape index (κ3) is 4.45. The highest BCUT2D eigenvalue weighted by atomic mass is 16.7. The predicted octanol–water partition coefficient (Wildman–Crippen LogP) is 3.69. The number of azo groups is 1. The highest BCUT2D eigenvalue weighted by Gasteiger charge is 2.27. The Morgan fingerprint density at radius 3 is 2.61 bits per heavy atom. The minimum absolute atomic E-state index is 0.0231. The molecule has 0 aliphatic carbocycles. The van der Waals surface area contributed by atoms with Crippen molar-refractivity contribution in [3.05, 3.63) is 72.3 Å². The number of carbonyl (C=O) groups excluding carboxylic acids is 2. The van der Waals surface area contributed by atoms with Crippen LogP contribution in [-0.2, 0) is 16.1 Å². The van der Waals surface area contributed by atoms with E-state index in [-0.39, 0.29) is 31.5 Å². The summed E-state index contributed by atoms with van der Waals surface area (Å²) in [4.78, 5) is 24.9. The Morgan fingerprint density at radius 1 is 0.947 bits per heavy atom. The van der Waals surface area contributed by atoms with Crippen LogP contribution >= 0.6 is 0 Å². The van der Waals surface area contributed by atoms with Gasteiger partial charge in [0.1, 0.15) is 13.2 Å². The molecule has 2 aliphatic rings. The maximum absolute atomic E-state index is 12.5. The first-order valence-corrected chi connectivity index (χ1v) is 11.9. The molecule has 0 bridgehead atoms. The van der Waals surface area contributed by atoms with E-state index in [0.29, 0.717) is 40.4 Å². The second-order valence-corrected chi connectivity index (χ2v) is 8.64. The average molecular weight is 514 g/mol. The van der Waals surface area contributed by atoms with E-state index in [2.05, 4.69) is 15.5 Å². The second-order valence-electron chi connectivity index (χ2n) is 8.64. The van der Waals surface area contributed by atoms with E-state index in [4.69, 9.17) is 18.9 Å². The lowest BCUT2D eigenvalue weighted by Gasteiger charge is -2.25. The molecule has 11 heteroatoms. The predicted molar refractivity (Wildman–Crippen MR) is 134 cm³/mol.